The molecule has 4 nitrogen and oxygen atoms in total. The number of esters is 1. The molecule has 0 fully saturated rings. The molecule has 4 heteroatoms. The smallest absolute Gasteiger partial charge is 0.306 e. The van der Waals surface area contributed by atoms with Crippen molar-refractivity contribution in [3.8, 4) is 0 Å². The van der Waals surface area contributed by atoms with Crippen molar-refractivity contribution in [3.05, 3.63) is 12.2 Å². The lowest BCUT2D eigenvalue weighted by atomic mass is 10.0. The molecule has 0 aliphatic carbocycles. The van der Waals surface area contributed by atoms with Gasteiger partial charge in [0.25, 0.3) is 0 Å². The third-order valence-corrected chi connectivity index (χ3v) is 8.99. The van der Waals surface area contributed by atoms with Gasteiger partial charge in [-0.1, -0.05) is 161 Å². The highest BCUT2D eigenvalue weighted by Gasteiger charge is 2.14. The standard InChI is InChI=1S/C40H76O4/c1-3-5-7-9-11-13-15-17-18-20-22-24-26-28-33-37-40(43)44-38(35-31-29-32-36-39(41)42)34-30-27-25-23-21-19-16-14-12-10-8-6-4-2/h17-18,38H,3-16,19-37H2,1-2H3,(H,41,42)/b18-17-. The number of carbonyl (C=O) groups is 2. The molecule has 0 rings (SSSR count). The maximum Gasteiger partial charge on any atom is 0.306 e. The molecule has 0 heterocycles. The number of unbranched alkanes of at least 4 members (excludes halogenated alkanes) is 25. The normalized spacial score (nSPS) is 12.2. The minimum absolute atomic E-state index is 0.00293. The number of hydrogen-bond acceptors (Lipinski definition) is 3. The summed E-state index contributed by atoms with van der Waals surface area (Å²) in [5.41, 5.74) is 0. The lowest BCUT2D eigenvalue weighted by Crippen LogP contribution is -2.18. The van der Waals surface area contributed by atoms with Gasteiger partial charge in [0, 0.05) is 12.8 Å². The second kappa shape index (κ2) is 36.2. The zero-order valence-corrected chi connectivity index (χ0v) is 29.7. The maximum atomic E-state index is 12.6. The number of carbonyl (C=O) groups excluding carboxylic acids is 1. The van der Waals surface area contributed by atoms with Gasteiger partial charge in [-0.25, -0.2) is 0 Å². The van der Waals surface area contributed by atoms with E-state index in [1.807, 2.05) is 0 Å². The summed E-state index contributed by atoms with van der Waals surface area (Å²) in [5.74, 6) is -0.757. The maximum absolute atomic E-state index is 12.6. The third-order valence-electron chi connectivity index (χ3n) is 8.99. The molecule has 1 N–H and O–H groups in total. The van der Waals surface area contributed by atoms with E-state index in [2.05, 4.69) is 26.0 Å². The predicted octanol–water partition coefficient (Wildman–Crippen LogP) is 13.5. The topological polar surface area (TPSA) is 63.6 Å². The van der Waals surface area contributed by atoms with Crippen molar-refractivity contribution in [3.63, 3.8) is 0 Å². The Hall–Kier alpha value is -1.32. The van der Waals surface area contributed by atoms with E-state index in [-0.39, 0.29) is 18.5 Å². The van der Waals surface area contributed by atoms with Crippen LogP contribution in [0.1, 0.15) is 226 Å². The second-order valence-corrected chi connectivity index (χ2v) is 13.5. The minimum atomic E-state index is -0.722. The molecule has 0 saturated heterocycles. The van der Waals surface area contributed by atoms with Gasteiger partial charge in [-0.2, -0.15) is 0 Å². The highest BCUT2D eigenvalue weighted by Crippen LogP contribution is 2.19. The molecule has 0 aromatic rings. The van der Waals surface area contributed by atoms with E-state index in [1.54, 1.807) is 0 Å². The summed E-state index contributed by atoms with van der Waals surface area (Å²) in [6, 6.07) is 0. The molecule has 0 saturated carbocycles. The van der Waals surface area contributed by atoms with Crippen LogP contribution < -0.4 is 0 Å². The molecule has 0 radical (unpaired) electrons. The number of aliphatic carboxylic acids is 1. The van der Waals surface area contributed by atoms with E-state index in [4.69, 9.17) is 9.84 Å². The fraction of sp³-hybridized carbons (Fsp3) is 0.900. The zero-order chi connectivity index (χ0) is 32.2. The van der Waals surface area contributed by atoms with Crippen LogP contribution in [-0.4, -0.2) is 23.1 Å². The number of carboxylic acids is 1. The number of ether oxygens (including phenoxy) is 1. The van der Waals surface area contributed by atoms with Gasteiger partial charge in [-0.05, 0) is 64.2 Å². The van der Waals surface area contributed by atoms with Crippen molar-refractivity contribution in [1.82, 2.24) is 0 Å². The summed E-state index contributed by atoms with van der Waals surface area (Å²) in [6.07, 6.45) is 43.7. The van der Waals surface area contributed by atoms with Crippen molar-refractivity contribution < 1.29 is 19.4 Å². The lowest BCUT2D eigenvalue weighted by molar-refractivity contribution is -0.150. The molecule has 0 amide bonds. The zero-order valence-electron chi connectivity index (χ0n) is 29.7. The van der Waals surface area contributed by atoms with Crippen LogP contribution in [0.2, 0.25) is 0 Å². The molecule has 0 aromatic heterocycles. The van der Waals surface area contributed by atoms with E-state index in [9.17, 15) is 9.59 Å². The Morgan fingerprint density at radius 2 is 0.818 bits per heavy atom. The van der Waals surface area contributed by atoms with Crippen molar-refractivity contribution in [1.29, 1.82) is 0 Å². The largest absolute Gasteiger partial charge is 0.481 e. The van der Waals surface area contributed by atoms with Crippen molar-refractivity contribution >= 4 is 11.9 Å². The van der Waals surface area contributed by atoms with Crippen LogP contribution in [0.5, 0.6) is 0 Å². The van der Waals surface area contributed by atoms with Crippen LogP contribution in [0.4, 0.5) is 0 Å². The number of carboxylic acid groups (broad SMARTS) is 1. The van der Waals surface area contributed by atoms with Gasteiger partial charge < -0.3 is 9.84 Å². The Labute approximate surface area is 275 Å². The fourth-order valence-electron chi connectivity index (χ4n) is 6.06. The van der Waals surface area contributed by atoms with Crippen LogP contribution in [-0.2, 0) is 14.3 Å². The monoisotopic (exact) mass is 621 g/mol. The molecule has 1 atom stereocenters. The summed E-state index contributed by atoms with van der Waals surface area (Å²) < 4.78 is 5.94. The molecule has 1 unspecified atom stereocenters. The fourth-order valence-corrected chi connectivity index (χ4v) is 6.06. The lowest BCUT2D eigenvalue weighted by Gasteiger charge is -2.18. The predicted molar refractivity (Wildman–Crippen MR) is 190 cm³/mol. The first-order valence-electron chi connectivity index (χ1n) is 19.7. The highest BCUT2D eigenvalue weighted by atomic mass is 16.5. The van der Waals surface area contributed by atoms with Crippen LogP contribution in [0.3, 0.4) is 0 Å². The van der Waals surface area contributed by atoms with E-state index < -0.39 is 5.97 Å². The minimum Gasteiger partial charge on any atom is -0.481 e. The Bertz CT molecular complexity index is 629. The van der Waals surface area contributed by atoms with Crippen molar-refractivity contribution in [2.24, 2.45) is 0 Å². The molecule has 0 aliphatic rings. The summed E-state index contributed by atoms with van der Waals surface area (Å²) in [5, 5.41) is 8.89. The molecule has 0 aliphatic heterocycles. The van der Waals surface area contributed by atoms with E-state index in [0.717, 1.165) is 44.9 Å². The summed E-state index contributed by atoms with van der Waals surface area (Å²) in [6.45, 7) is 4.55. The Morgan fingerprint density at radius 1 is 0.477 bits per heavy atom. The van der Waals surface area contributed by atoms with Crippen LogP contribution in [0.25, 0.3) is 0 Å². The SMILES string of the molecule is CCCCCCCC/C=C\CCCCCCCC(=O)OC(CCCCCCCCCCCCCCC)CCCCCC(=O)O. The Balaban J connectivity index is 3.94. The van der Waals surface area contributed by atoms with Gasteiger partial charge in [0.15, 0.2) is 0 Å². The summed E-state index contributed by atoms with van der Waals surface area (Å²) >= 11 is 0. The molecule has 0 bridgehead atoms. The molecule has 260 valence electrons. The van der Waals surface area contributed by atoms with Crippen LogP contribution in [0, 0.1) is 0 Å². The highest BCUT2D eigenvalue weighted by molar-refractivity contribution is 5.69. The molecule has 44 heavy (non-hydrogen) atoms. The van der Waals surface area contributed by atoms with Gasteiger partial charge in [-0.3, -0.25) is 9.59 Å². The summed E-state index contributed by atoms with van der Waals surface area (Å²) in [4.78, 5) is 23.4. The van der Waals surface area contributed by atoms with Gasteiger partial charge in [0.2, 0.25) is 0 Å². The van der Waals surface area contributed by atoms with Crippen LogP contribution in [0.15, 0.2) is 12.2 Å². The quantitative estimate of drug-likeness (QED) is 0.0430. The van der Waals surface area contributed by atoms with Crippen LogP contribution >= 0.6 is 0 Å². The second-order valence-electron chi connectivity index (χ2n) is 13.5. The average molecular weight is 621 g/mol. The Morgan fingerprint density at radius 3 is 1.25 bits per heavy atom. The van der Waals surface area contributed by atoms with E-state index in [1.165, 1.54) is 148 Å². The number of hydrogen-bond donors (Lipinski definition) is 1. The van der Waals surface area contributed by atoms with Gasteiger partial charge in [-0.15, -0.1) is 0 Å². The first-order chi connectivity index (χ1) is 21.6. The molecular formula is C40H76O4. The molecular weight excluding hydrogens is 544 g/mol. The van der Waals surface area contributed by atoms with Gasteiger partial charge >= 0.3 is 11.9 Å². The first kappa shape index (κ1) is 42.7. The third kappa shape index (κ3) is 35.2. The van der Waals surface area contributed by atoms with E-state index >= 15 is 0 Å². The van der Waals surface area contributed by atoms with E-state index in [0.29, 0.717) is 12.8 Å². The van der Waals surface area contributed by atoms with Gasteiger partial charge in [0.1, 0.15) is 6.10 Å². The number of allylic oxidation sites excluding steroid dienone is 2. The number of rotatable bonds is 36. The average Bonchev–Trinajstić information content (AvgIpc) is 3.00. The Kier molecular flexibility index (Phi) is 35.1. The first-order valence-corrected chi connectivity index (χ1v) is 19.7. The van der Waals surface area contributed by atoms with Crippen molar-refractivity contribution in [2.75, 3.05) is 0 Å². The molecule has 0 spiro atoms. The summed E-state index contributed by atoms with van der Waals surface area (Å²) in [7, 11) is 0. The van der Waals surface area contributed by atoms with Crippen molar-refractivity contribution in [2.45, 2.75) is 232 Å². The van der Waals surface area contributed by atoms with Gasteiger partial charge in [0.05, 0.1) is 0 Å². The molecule has 0 aromatic carbocycles.